The molecular formula is C12H16N2. The third kappa shape index (κ3) is 1.27. The van der Waals surface area contributed by atoms with Gasteiger partial charge in [-0.25, -0.2) is 0 Å². The van der Waals surface area contributed by atoms with E-state index < -0.39 is 0 Å². The first-order chi connectivity index (χ1) is 6.74. The summed E-state index contributed by atoms with van der Waals surface area (Å²) in [6.07, 6.45) is 2.01. The van der Waals surface area contributed by atoms with Crippen LogP contribution in [0.1, 0.15) is 0 Å². The molecule has 1 atom stereocenters. The number of rotatable bonds is 1. The number of likely N-dealkylation sites (N-methyl/N-ethyl adjacent to an activating group) is 2. The van der Waals surface area contributed by atoms with Gasteiger partial charge >= 0.3 is 0 Å². The number of fused-ring (bicyclic) bond motifs is 1. The molecule has 0 bridgehead atoms. The normalized spacial score (nSPS) is 20.6. The Hall–Kier alpha value is -1.44. The van der Waals surface area contributed by atoms with E-state index in [2.05, 4.69) is 54.7 Å². The fraction of sp³-hybridized carbons (Fsp3) is 0.333. The highest BCUT2D eigenvalue weighted by Crippen LogP contribution is 2.33. The molecule has 1 unspecified atom stereocenters. The van der Waals surface area contributed by atoms with Crippen molar-refractivity contribution in [2.24, 2.45) is 0 Å². The first kappa shape index (κ1) is 9.13. The predicted molar refractivity (Wildman–Crippen MR) is 62.1 cm³/mol. The summed E-state index contributed by atoms with van der Waals surface area (Å²) in [5, 5.41) is 0. The van der Waals surface area contributed by atoms with Crippen LogP contribution in [0.25, 0.3) is 0 Å². The molecule has 1 heterocycles. The van der Waals surface area contributed by atoms with Crippen molar-refractivity contribution in [3.63, 3.8) is 0 Å². The number of nitrogens with zero attached hydrogens (tertiary/aromatic N) is 2. The topological polar surface area (TPSA) is 6.48 Å². The molecule has 0 aliphatic carbocycles. The molecule has 1 aromatic rings. The smallest absolute Gasteiger partial charge is 0.0643 e. The van der Waals surface area contributed by atoms with Gasteiger partial charge in [0.25, 0.3) is 0 Å². The average Bonchev–Trinajstić information content (AvgIpc) is 2.23. The molecule has 1 aliphatic heterocycles. The second-order valence-corrected chi connectivity index (χ2v) is 3.78. The van der Waals surface area contributed by atoms with Gasteiger partial charge in [-0.15, -0.1) is 6.58 Å². The minimum absolute atomic E-state index is 0.412. The van der Waals surface area contributed by atoms with Crippen molar-refractivity contribution in [1.29, 1.82) is 0 Å². The van der Waals surface area contributed by atoms with E-state index in [0.717, 1.165) is 6.54 Å². The van der Waals surface area contributed by atoms with Crippen LogP contribution in [0.15, 0.2) is 36.9 Å². The number of anilines is 2. The standard InChI is InChI=1S/C12H16N2/c1-4-10-9-13(2)11-7-5-6-8-12(11)14(10)3/h4-8,10H,1,9H2,2-3H3. The summed E-state index contributed by atoms with van der Waals surface area (Å²) in [5.41, 5.74) is 2.58. The Balaban J connectivity index is 2.45. The van der Waals surface area contributed by atoms with E-state index in [1.807, 2.05) is 6.08 Å². The fourth-order valence-corrected chi connectivity index (χ4v) is 2.00. The maximum atomic E-state index is 3.87. The zero-order valence-electron chi connectivity index (χ0n) is 8.77. The molecule has 0 N–H and O–H groups in total. The lowest BCUT2D eigenvalue weighted by atomic mass is 10.1. The first-order valence-corrected chi connectivity index (χ1v) is 4.89. The van der Waals surface area contributed by atoms with E-state index in [1.54, 1.807) is 0 Å². The zero-order chi connectivity index (χ0) is 10.1. The largest absolute Gasteiger partial charge is 0.371 e. The molecule has 2 heteroatoms. The lowest BCUT2D eigenvalue weighted by molar-refractivity contribution is 0.698. The van der Waals surface area contributed by atoms with Gasteiger partial charge in [0, 0.05) is 20.6 Å². The van der Waals surface area contributed by atoms with E-state index in [0.29, 0.717) is 6.04 Å². The van der Waals surface area contributed by atoms with E-state index in [1.165, 1.54) is 11.4 Å². The Kier molecular flexibility index (Phi) is 2.20. The third-order valence-corrected chi connectivity index (χ3v) is 2.90. The third-order valence-electron chi connectivity index (χ3n) is 2.90. The van der Waals surface area contributed by atoms with Crippen molar-refractivity contribution in [2.75, 3.05) is 30.4 Å². The lowest BCUT2D eigenvalue weighted by Gasteiger charge is -2.39. The summed E-state index contributed by atoms with van der Waals surface area (Å²) in [5.74, 6) is 0. The molecule has 14 heavy (non-hydrogen) atoms. The van der Waals surface area contributed by atoms with Crippen LogP contribution < -0.4 is 9.80 Å². The molecule has 0 saturated heterocycles. The molecule has 0 radical (unpaired) electrons. The Morgan fingerprint density at radius 1 is 1.29 bits per heavy atom. The quantitative estimate of drug-likeness (QED) is 0.623. The van der Waals surface area contributed by atoms with Gasteiger partial charge in [0.05, 0.1) is 17.4 Å². The van der Waals surface area contributed by atoms with Crippen molar-refractivity contribution in [1.82, 2.24) is 0 Å². The van der Waals surface area contributed by atoms with Crippen molar-refractivity contribution in [2.45, 2.75) is 6.04 Å². The lowest BCUT2D eigenvalue weighted by Crippen LogP contribution is -2.44. The Labute approximate surface area is 85.4 Å². The minimum atomic E-state index is 0.412. The maximum Gasteiger partial charge on any atom is 0.0643 e. The predicted octanol–water partition coefficient (Wildman–Crippen LogP) is 2.13. The van der Waals surface area contributed by atoms with Gasteiger partial charge < -0.3 is 9.80 Å². The van der Waals surface area contributed by atoms with Crippen LogP contribution in [-0.2, 0) is 0 Å². The van der Waals surface area contributed by atoms with Crippen molar-refractivity contribution in [3.05, 3.63) is 36.9 Å². The van der Waals surface area contributed by atoms with Crippen LogP contribution in [0.3, 0.4) is 0 Å². The van der Waals surface area contributed by atoms with Crippen LogP contribution in [0.2, 0.25) is 0 Å². The highest BCUT2D eigenvalue weighted by molar-refractivity contribution is 5.73. The zero-order valence-corrected chi connectivity index (χ0v) is 8.77. The molecule has 2 rings (SSSR count). The van der Waals surface area contributed by atoms with Crippen LogP contribution >= 0.6 is 0 Å². The van der Waals surface area contributed by atoms with E-state index in [4.69, 9.17) is 0 Å². The van der Waals surface area contributed by atoms with E-state index in [9.17, 15) is 0 Å². The molecular weight excluding hydrogens is 172 g/mol. The molecule has 2 nitrogen and oxygen atoms in total. The SMILES string of the molecule is C=CC1CN(C)c2ccccc2N1C. The minimum Gasteiger partial charge on any atom is -0.371 e. The summed E-state index contributed by atoms with van der Waals surface area (Å²) >= 11 is 0. The highest BCUT2D eigenvalue weighted by atomic mass is 15.3. The van der Waals surface area contributed by atoms with Crippen LogP contribution in [-0.4, -0.2) is 26.7 Å². The molecule has 0 fully saturated rings. The van der Waals surface area contributed by atoms with Crippen LogP contribution in [0.5, 0.6) is 0 Å². The van der Waals surface area contributed by atoms with Gasteiger partial charge in [-0.1, -0.05) is 18.2 Å². The summed E-state index contributed by atoms with van der Waals surface area (Å²) < 4.78 is 0. The molecule has 1 aromatic carbocycles. The van der Waals surface area contributed by atoms with Crippen molar-refractivity contribution in [3.8, 4) is 0 Å². The van der Waals surface area contributed by atoms with Gasteiger partial charge in [0.2, 0.25) is 0 Å². The van der Waals surface area contributed by atoms with Gasteiger partial charge in [0.15, 0.2) is 0 Å². The van der Waals surface area contributed by atoms with Gasteiger partial charge in [-0.2, -0.15) is 0 Å². The van der Waals surface area contributed by atoms with Crippen LogP contribution in [0.4, 0.5) is 11.4 Å². The average molecular weight is 188 g/mol. The Morgan fingerprint density at radius 3 is 2.57 bits per heavy atom. The van der Waals surface area contributed by atoms with Crippen molar-refractivity contribution < 1.29 is 0 Å². The summed E-state index contributed by atoms with van der Waals surface area (Å²) in [6.45, 7) is 4.88. The maximum absolute atomic E-state index is 3.87. The molecule has 0 spiro atoms. The fourth-order valence-electron chi connectivity index (χ4n) is 2.00. The first-order valence-electron chi connectivity index (χ1n) is 4.89. The molecule has 0 amide bonds. The second-order valence-electron chi connectivity index (χ2n) is 3.78. The van der Waals surface area contributed by atoms with Gasteiger partial charge in [0.1, 0.15) is 0 Å². The van der Waals surface area contributed by atoms with Crippen LogP contribution in [0, 0.1) is 0 Å². The molecule has 0 aromatic heterocycles. The summed E-state index contributed by atoms with van der Waals surface area (Å²) in [6, 6.07) is 8.88. The van der Waals surface area contributed by atoms with E-state index >= 15 is 0 Å². The van der Waals surface area contributed by atoms with Crippen molar-refractivity contribution >= 4 is 11.4 Å². The second kappa shape index (κ2) is 3.37. The van der Waals surface area contributed by atoms with Gasteiger partial charge in [-0.3, -0.25) is 0 Å². The number of para-hydroxylation sites is 2. The molecule has 1 aliphatic rings. The van der Waals surface area contributed by atoms with E-state index in [-0.39, 0.29) is 0 Å². The highest BCUT2D eigenvalue weighted by Gasteiger charge is 2.23. The Morgan fingerprint density at radius 2 is 1.93 bits per heavy atom. The molecule has 0 saturated carbocycles. The number of hydrogen-bond acceptors (Lipinski definition) is 2. The number of benzene rings is 1. The summed E-state index contributed by atoms with van der Waals surface area (Å²) in [4.78, 5) is 4.56. The van der Waals surface area contributed by atoms with Gasteiger partial charge in [-0.05, 0) is 12.1 Å². The number of hydrogen-bond donors (Lipinski definition) is 0. The Bertz CT molecular complexity index is 346. The monoisotopic (exact) mass is 188 g/mol. The summed E-state index contributed by atoms with van der Waals surface area (Å²) in [7, 11) is 4.25. The molecule has 74 valence electrons.